The Bertz CT molecular complexity index is 1310. The number of benzene rings is 2. The minimum absolute atomic E-state index is 0.106. The number of nitrogens with zero attached hydrogens (tertiary/aromatic N) is 1. The number of rotatable bonds is 7. The summed E-state index contributed by atoms with van der Waals surface area (Å²) in [5, 5.41) is 0.564. The first kappa shape index (κ1) is 23.3. The van der Waals surface area contributed by atoms with Crippen molar-refractivity contribution in [1.82, 2.24) is 4.57 Å². The molecule has 0 N–H and O–H groups in total. The molecule has 8 heteroatoms. The fraction of sp³-hybridized carbons (Fsp3) is 0.280. The van der Waals surface area contributed by atoms with Crippen LogP contribution in [0.5, 0.6) is 5.75 Å². The Balaban J connectivity index is 1.41. The molecule has 1 saturated heterocycles. The molecule has 1 fully saturated rings. The summed E-state index contributed by atoms with van der Waals surface area (Å²) in [5.41, 5.74) is 3.20. The molecule has 0 amide bonds. The van der Waals surface area contributed by atoms with Gasteiger partial charge in [0.05, 0.1) is 11.5 Å². The molecule has 2 aromatic carbocycles. The molecule has 3 aromatic rings. The number of hydrogen-bond acceptors (Lipinski definition) is 5. The third-order valence-electron chi connectivity index (χ3n) is 5.95. The summed E-state index contributed by atoms with van der Waals surface area (Å²) in [4.78, 5) is 25.4. The lowest BCUT2D eigenvalue weighted by Crippen LogP contribution is -2.16. The van der Waals surface area contributed by atoms with Gasteiger partial charge >= 0.3 is 0 Å². The summed E-state index contributed by atoms with van der Waals surface area (Å²) in [6.07, 6.45) is 0.559. The molecule has 33 heavy (non-hydrogen) atoms. The summed E-state index contributed by atoms with van der Waals surface area (Å²) in [6, 6.07) is 15.0. The van der Waals surface area contributed by atoms with Gasteiger partial charge in [-0.25, -0.2) is 8.42 Å². The monoisotopic (exact) mass is 485 g/mol. The van der Waals surface area contributed by atoms with E-state index < -0.39 is 9.84 Å². The highest BCUT2D eigenvalue weighted by Gasteiger charge is 2.31. The Morgan fingerprint density at radius 1 is 1.03 bits per heavy atom. The van der Waals surface area contributed by atoms with Crippen LogP contribution in [-0.2, 0) is 9.84 Å². The topological polar surface area (TPSA) is 82.4 Å². The van der Waals surface area contributed by atoms with Gasteiger partial charge in [0, 0.05) is 39.1 Å². The van der Waals surface area contributed by atoms with Crippen molar-refractivity contribution >= 4 is 33.0 Å². The zero-order chi connectivity index (χ0) is 23.8. The van der Waals surface area contributed by atoms with Gasteiger partial charge in [-0.1, -0.05) is 11.6 Å². The number of ketones is 2. The largest absolute Gasteiger partial charge is 0.485 e. The van der Waals surface area contributed by atoms with Gasteiger partial charge in [0.2, 0.25) is 5.78 Å². The van der Waals surface area contributed by atoms with E-state index >= 15 is 0 Å². The highest BCUT2D eigenvalue weighted by atomic mass is 35.5. The maximum atomic E-state index is 12.8. The number of aryl methyl sites for hydroxylation is 1. The number of carbonyl (C=O) groups excluding carboxylic acids is 2. The van der Waals surface area contributed by atoms with Crippen molar-refractivity contribution in [3.05, 3.63) is 87.7 Å². The summed E-state index contributed by atoms with van der Waals surface area (Å²) in [5.74, 6) is 0.450. The lowest BCUT2D eigenvalue weighted by molar-refractivity contribution is 0.0920. The Kier molecular flexibility index (Phi) is 6.45. The zero-order valence-corrected chi connectivity index (χ0v) is 19.9. The van der Waals surface area contributed by atoms with Crippen molar-refractivity contribution in [3.8, 4) is 5.75 Å². The molecule has 1 atom stereocenters. The molecule has 6 nitrogen and oxygen atoms in total. The average Bonchev–Trinajstić information content (AvgIpc) is 3.29. The van der Waals surface area contributed by atoms with Gasteiger partial charge in [0.15, 0.2) is 22.2 Å². The lowest BCUT2D eigenvalue weighted by atomic mass is 10.0. The van der Waals surface area contributed by atoms with Gasteiger partial charge in [0.1, 0.15) is 5.75 Å². The van der Waals surface area contributed by atoms with E-state index in [2.05, 4.69) is 0 Å². The molecule has 1 aromatic heterocycles. The summed E-state index contributed by atoms with van der Waals surface area (Å²) in [7, 11) is -3.02. The van der Waals surface area contributed by atoms with Gasteiger partial charge in [-0.2, -0.15) is 0 Å². The van der Waals surface area contributed by atoms with Crippen LogP contribution in [0.2, 0.25) is 5.02 Å². The number of aromatic nitrogens is 1. The number of halogens is 1. The van der Waals surface area contributed by atoms with E-state index in [0.717, 1.165) is 11.4 Å². The van der Waals surface area contributed by atoms with E-state index in [4.69, 9.17) is 16.3 Å². The number of carbonyl (C=O) groups is 2. The van der Waals surface area contributed by atoms with Crippen LogP contribution in [0.4, 0.5) is 0 Å². The first-order valence-electron chi connectivity index (χ1n) is 10.6. The van der Waals surface area contributed by atoms with E-state index in [9.17, 15) is 18.0 Å². The smallest absolute Gasteiger partial charge is 0.202 e. The summed E-state index contributed by atoms with van der Waals surface area (Å²) < 4.78 is 31.4. The normalized spacial score (nSPS) is 17.1. The van der Waals surface area contributed by atoms with Crippen molar-refractivity contribution in [2.24, 2.45) is 0 Å². The Morgan fingerprint density at radius 2 is 1.64 bits per heavy atom. The van der Waals surface area contributed by atoms with E-state index in [1.807, 2.05) is 18.4 Å². The van der Waals surface area contributed by atoms with Crippen LogP contribution in [0.3, 0.4) is 0 Å². The quantitative estimate of drug-likeness (QED) is 0.456. The van der Waals surface area contributed by atoms with Gasteiger partial charge in [0.25, 0.3) is 0 Å². The molecule has 1 aliphatic rings. The maximum Gasteiger partial charge on any atom is 0.202 e. The van der Waals surface area contributed by atoms with Crippen molar-refractivity contribution in [2.75, 3.05) is 18.1 Å². The lowest BCUT2D eigenvalue weighted by Gasteiger charge is -2.16. The Morgan fingerprint density at radius 3 is 2.21 bits per heavy atom. The molecular formula is C25H24ClNO5S. The SMILES string of the molecule is Cc1cc(C(=O)COc2ccc(C(=O)c3ccc(Cl)cc3)cc2)c(C)n1C1CCS(=O)(=O)C1. The van der Waals surface area contributed by atoms with Crippen LogP contribution in [0.1, 0.15) is 50.1 Å². The maximum absolute atomic E-state index is 12.8. The van der Waals surface area contributed by atoms with E-state index in [-0.39, 0.29) is 35.7 Å². The van der Waals surface area contributed by atoms with Crippen LogP contribution in [0, 0.1) is 13.8 Å². The highest BCUT2D eigenvalue weighted by Crippen LogP contribution is 2.29. The highest BCUT2D eigenvalue weighted by molar-refractivity contribution is 7.91. The number of sulfone groups is 1. The second kappa shape index (κ2) is 9.15. The van der Waals surface area contributed by atoms with E-state index in [0.29, 0.717) is 33.9 Å². The molecule has 0 spiro atoms. The fourth-order valence-electron chi connectivity index (χ4n) is 4.30. The minimum atomic E-state index is -3.02. The van der Waals surface area contributed by atoms with Crippen LogP contribution in [0.25, 0.3) is 0 Å². The third kappa shape index (κ3) is 5.04. The van der Waals surface area contributed by atoms with Crippen LogP contribution in [0.15, 0.2) is 54.6 Å². The number of hydrogen-bond donors (Lipinski definition) is 0. The van der Waals surface area contributed by atoms with Crippen molar-refractivity contribution in [2.45, 2.75) is 26.3 Å². The van der Waals surface area contributed by atoms with Gasteiger partial charge in [-0.05, 0) is 74.9 Å². The van der Waals surface area contributed by atoms with Gasteiger partial charge in [-0.15, -0.1) is 0 Å². The third-order valence-corrected chi connectivity index (χ3v) is 7.95. The predicted octanol–water partition coefficient (Wildman–Crippen LogP) is 4.61. The Labute approximate surface area is 198 Å². The zero-order valence-electron chi connectivity index (χ0n) is 18.4. The molecule has 2 heterocycles. The van der Waals surface area contributed by atoms with Gasteiger partial charge in [-0.3, -0.25) is 9.59 Å². The summed E-state index contributed by atoms with van der Waals surface area (Å²) in [6.45, 7) is 3.56. The molecule has 0 saturated carbocycles. The second-order valence-corrected chi connectivity index (χ2v) is 10.9. The van der Waals surface area contributed by atoms with Gasteiger partial charge < -0.3 is 9.30 Å². The van der Waals surface area contributed by atoms with Crippen LogP contribution >= 0.6 is 11.6 Å². The molecular weight excluding hydrogens is 462 g/mol. The molecule has 0 bridgehead atoms. The summed E-state index contributed by atoms with van der Waals surface area (Å²) >= 11 is 5.87. The number of ether oxygens (including phenoxy) is 1. The molecule has 1 aliphatic heterocycles. The van der Waals surface area contributed by atoms with E-state index in [1.54, 1.807) is 54.6 Å². The van der Waals surface area contributed by atoms with Crippen LogP contribution in [-0.4, -0.2) is 42.7 Å². The molecule has 1 unspecified atom stereocenters. The van der Waals surface area contributed by atoms with Crippen LogP contribution < -0.4 is 4.74 Å². The van der Waals surface area contributed by atoms with Crippen molar-refractivity contribution in [3.63, 3.8) is 0 Å². The first-order valence-corrected chi connectivity index (χ1v) is 12.8. The molecule has 4 rings (SSSR count). The standard InChI is InChI=1S/C25H24ClNO5S/c1-16-13-23(17(2)27(16)21-11-12-33(30,31)15-21)24(28)14-32-22-9-5-19(6-10-22)25(29)18-3-7-20(26)8-4-18/h3-10,13,21H,11-12,14-15H2,1-2H3. The molecule has 0 radical (unpaired) electrons. The predicted molar refractivity (Wildman–Crippen MR) is 127 cm³/mol. The first-order chi connectivity index (χ1) is 15.6. The Hall–Kier alpha value is -2.90. The molecule has 0 aliphatic carbocycles. The second-order valence-electron chi connectivity index (χ2n) is 8.28. The van der Waals surface area contributed by atoms with E-state index in [1.165, 1.54) is 0 Å². The fourth-order valence-corrected chi connectivity index (χ4v) is 6.12. The minimum Gasteiger partial charge on any atom is -0.485 e. The van der Waals surface area contributed by atoms with Crippen molar-refractivity contribution < 1.29 is 22.7 Å². The molecule has 172 valence electrons. The number of Topliss-reactive ketones (excluding diaryl/α,β-unsaturated/α-hetero) is 1. The van der Waals surface area contributed by atoms with Crippen molar-refractivity contribution in [1.29, 1.82) is 0 Å². The average molecular weight is 486 g/mol.